The third-order valence-corrected chi connectivity index (χ3v) is 1.53. The second-order valence-corrected chi connectivity index (χ2v) is 3.06. The molecule has 0 aromatic rings. The van der Waals surface area contributed by atoms with Crippen LogP contribution in [0.15, 0.2) is 0 Å². The van der Waals surface area contributed by atoms with Crippen LogP contribution >= 0.6 is 12.2 Å². The molecule has 0 saturated carbocycles. The van der Waals surface area contributed by atoms with Gasteiger partial charge in [0.25, 0.3) is 0 Å². The van der Waals surface area contributed by atoms with Gasteiger partial charge in [-0.1, -0.05) is 13.8 Å². The van der Waals surface area contributed by atoms with E-state index in [1.807, 2.05) is 20.8 Å². The number of hydrogen-bond donors (Lipinski definition) is 0. The normalized spacial score (nSPS) is 9.82. The molecule has 0 aliphatic carbocycles. The topological polar surface area (TPSA) is 26.3 Å². The van der Waals surface area contributed by atoms with Gasteiger partial charge in [-0.3, -0.25) is 4.79 Å². The summed E-state index contributed by atoms with van der Waals surface area (Å²) in [5.74, 6) is 0.192. The number of Topliss-reactive ketones (excluding diaryl/α,β-unsaturated/α-hetero) is 1. The van der Waals surface area contributed by atoms with Crippen molar-refractivity contribution in [1.82, 2.24) is 0 Å². The molecule has 0 unspecified atom stereocenters. The van der Waals surface area contributed by atoms with Gasteiger partial charge in [0.2, 0.25) is 0 Å². The first-order valence-corrected chi connectivity index (χ1v) is 4.17. The monoisotopic (exact) mass is 174 g/mol. The first-order valence-electron chi connectivity index (χ1n) is 3.76. The number of thiocarbonyl (C=S) groups is 1. The highest BCUT2D eigenvalue weighted by atomic mass is 32.1. The molecule has 0 heterocycles. The molecule has 0 N–H and O–H groups in total. The fraction of sp³-hybridized carbons (Fsp3) is 0.750. The van der Waals surface area contributed by atoms with Crippen LogP contribution in [-0.2, 0) is 9.53 Å². The van der Waals surface area contributed by atoms with Crippen molar-refractivity contribution in [2.45, 2.75) is 27.2 Å². The molecule has 3 heteroatoms. The highest BCUT2D eigenvalue weighted by molar-refractivity contribution is 7.80. The summed E-state index contributed by atoms with van der Waals surface area (Å²) in [5, 5.41) is 0.409. The van der Waals surface area contributed by atoms with Crippen LogP contribution in [0.3, 0.4) is 0 Å². The molecule has 0 amide bonds. The molecule has 64 valence electrons. The molecule has 0 saturated heterocycles. The van der Waals surface area contributed by atoms with Gasteiger partial charge >= 0.3 is 0 Å². The molecule has 0 aliphatic heterocycles. The van der Waals surface area contributed by atoms with Crippen LogP contribution in [0, 0.1) is 5.92 Å². The van der Waals surface area contributed by atoms with E-state index in [1.54, 1.807) is 0 Å². The molecule has 11 heavy (non-hydrogen) atoms. The van der Waals surface area contributed by atoms with Crippen LogP contribution in [0.2, 0.25) is 0 Å². The molecule has 2 nitrogen and oxygen atoms in total. The molecule has 0 spiro atoms. The Morgan fingerprint density at radius 3 is 2.45 bits per heavy atom. The van der Waals surface area contributed by atoms with Crippen molar-refractivity contribution < 1.29 is 9.53 Å². The first-order chi connectivity index (χ1) is 5.07. The third kappa shape index (κ3) is 4.90. The van der Waals surface area contributed by atoms with E-state index in [4.69, 9.17) is 17.0 Å². The molecule has 0 aromatic carbocycles. The summed E-state index contributed by atoms with van der Waals surface area (Å²) in [6, 6.07) is 0. The number of rotatable bonds is 4. The molecular weight excluding hydrogens is 160 g/mol. The van der Waals surface area contributed by atoms with Crippen LogP contribution < -0.4 is 0 Å². The van der Waals surface area contributed by atoms with E-state index in [0.717, 1.165) is 0 Å². The maximum atomic E-state index is 11.1. The Bertz CT molecular complexity index is 152. The average Bonchev–Trinajstić information content (AvgIpc) is 1.87. The molecule has 0 aromatic heterocycles. The van der Waals surface area contributed by atoms with Gasteiger partial charge in [0, 0.05) is 5.92 Å². The summed E-state index contributed by atoms with van der Waals surface area (Å²) < 4.78 is 4.97. The fourth-order valence-corrected chi connectivity index (χ4v) is 0.819. The molecule has 0 bridgehead atoms. The zero-order valence-electron chi connectivity index (χ0n) is 7.22. The maximum Gasteiger partial charge on any atom is 0.167 e. The van der Waals surface area contributed by atoms with Crippen molar-refractivity contribution in [3.63, 3.8) is 0 Å². The molecule has 0 rings (SSSR count). The van der Waals surface area contributed by atoms with Crippen LogP contribution in [-0.4, -0.2) is 17.4 Å². The minimum atomic E-state index is 0.0495. The first kappa shape index (κ1) is 10.6. The summed E-state index contributed by atoms with van der Waals surface area (Å²) in [6.07, 6.45) is 0.279. The van der Waals surface area contributed by atoms with Crippen LogP contribution in [0.5, 0.6) is 0 Å². The second-order valence-electron chi connectivity index (χ2n) is 2.60. The van der Waals surface area contributed by atoms with E-state index in [2.05, 4.69) is 0 Å². The average molecular weight is 174 g/mol. The SMILES string of the molecule is CCOC(=S)CC(=O)C(C)C. The summed E-state index contributed by atoms with van der Waals surface area (Å²) in [5.41, 5.74) is 0. The Labute approximate surface area is 72.9 Å². The second kappa shape index (κ2) is 5.24. The zero-order chi connectivity index (χ0) is 8.85. The summed E-state index contributed by atoms with van der Waals surface area (Å²) in [7, 11) is 0. The predicted octanol–water partition coefficient (Wildman–Crippen LogP) is 1.97. The molecule has 0 fully saturated rings. The van der Waals surface area contributed by atoms with E-state index in [9.17, 15) is 4.79 Å². The Balaban J connectivity index is 3.67. The molecular formula is C8H14O2S. The minimum Gasteiger partial charge on any atom is -0.487 e. The lowest BCUT2D eigenvalue weighted by Crippen LogP contribution is -2.13. The standard InChI is InChI=1S/C8H14O2S/c1-4-10-8(11)5-7(9)6(2)3/h6H,4-5H2,1-3H3. The lowest BCUT2D eigenvalue weighted by molar-refractivity contribution is -0.120. The summed E-state index contributed by atoms with van der Waals surface area (Å²) >= 11 is 4.81. The fourth-order valence-electron chi connectivity index (χ4n) is 0.558. The van der Waals surface area contributed by atoms with Gasteiger partial charge < -0.3 is 4.74 Å². The number of hydrogen-bond acceptors (Lipinski definition) is 3. The largest absolute Gasteiger partial charge is 0.487 e. The van der Waals surface area contributed by atoms with E-state index in [0.29, 0.717) is 11.7 Å². The smallest absolute Gasteiger partial charge is 0.167 e. The Kier molecular flexibility index (Phi) is 5.03. The van der Waals surface area contributed by atoms with Gasteiger partial charge in [-0.25, -0.2) is 0 Å². The quantitative estimate of drug-likeness (QED) is 0.609. The summed E-state index contributed by atoms with van der Waals surface area (Å²) in [6.45, 7) is 6.12. The lowest BCUT2D eigenvalue weighted by atomic mass is 10.1. The number of carbonyl (C=O) groups excluding carboxylic acids is 1. The lowest BCUT2D eigenvalue weighted by Gasteiger charge is -2.05. The van der Waals surface area contributed by atoms with Gasteiger partial charge in [0.05, 0.1) is 13.0 Å². The van der Waals surface area contributed by atoms with Gasteiger partial charge in [-0.15, -0.1) is 0 Å². The van der Waals surface area contributed by atoms with Crippen LogP contribution in [0.1, 0.15) is 27.2 Å². The number of carbonyl (C=O) groups is 1. The van der Waals surface area contributed by atoms with E-state index in [-0.39, 0.29) is 18.1 Å². The van der Waals surface area contributed by atoms with Gasteiger partial charge in [0.1, 0.15) is 5.78 Å². The Hall–Kier alpha value is -0.440. The zero-order valence-corrected chi connectivity index (χ0v) is 8.03. The highest BCUT2D eigenvalue weighted by Gasteiger charge is 2.09. The molecule has 0 atom stereocenters. The van der Waals surface area contributed by atoms with Crippen LogP contribution in [0.4, 0.5) is 0 Å². The van der Waals surface area contributed by atoms with Gasteiger partial charge in [0.15, 0.2) is 5.05 Å². The van der Waals surface area contributed by atoms with E-state index < -0.39 is 0 Å². The van der Waals surface area contributed by atoms with Gasteiger partial charge in [-0.05, 0) is 19.1 Å². The van der Waals surface area contributed by atoms with Crippen molar-refractivity contribution in [2.24, 2.45) is 5.92 Å². The van der Waals surface area contributed by atoms with E-state index >= 15 is 0 Å². The van der Waals surface area contributed by atoms with Crippen molar-refractivity contribution >= 4 is 23.1 Å². The minimum absolute atomic E-state index is 0.0495. The highest BCUT2D eigenvalue weighted by Crippen LogP contribution is 2.01. The molecule has 0 aliphatic rings. The maximum absolute atomic E-state index is 11.1. The summed E-state index contributed by atoms with van der Waals surface area (Å²) in [4.78, 5) is 11.1. The Morgan fingerprint density at radius 1 is 1.55 bits per heavy atom. The van der Waals surface area contributed by atoms with Crippen molar-refractivity contribution in [3.8, 4) is 0 Å². The van der Waals surface area contributed by atoms with Crippen LogP contribution in [0.25, 0.3) is 0 Å². The number of ketones is 1. The predicted molar refractivity (Wildman–Crippen MR) is 48.7 cm³/mol. The molecule has 0 radical (unpaired) electrons. The van der Waals surface area contributed by atoms with Gasteiger partial charge in [-0.2, -0.15) is 0 Å². The van der Waals surface area contributed by atoms with Crippen molar-refractivity contribution in [1.29, 1.82) is 0 Å². The van der Waals surface area contributed by atoms with E-state index in [1.165, 1.54) is 0 Å². The third-order valence-electron chi connectivity index (χ3n) is 1.27. The van der Waals surface area contributed by atoms with Crippen molar-refractivity contribution in [2.75, 3.05) is 6.61 Å². The Morgan fingerprint density at radius 2 is 2.09 bits per heavy atom. The number of ether oxygens (including phenoxy) is 1. The van der Waals surface area contributed by atoms with Crippen molar-refractivity contribution in [3.05, 3.63) is 0 Å².